The van der Waals surface area contributed by atoms with Crippen LogP contribution in [0.15, 0.2) is 12.1 Å². The molecule has 0 aliphatic carbocycles. The number of anilines is 2. The van der Waals surface area contributed by atoms with Crippen LogP contribution in [0.2, 0.25) is 0 Å². The van der Waals surface area contributed by atoms with Gasteiger partial charge in [0.25, 0.3) is 0 Å². The van der Waals surface area contributed by atoms with Crippen LogP contribution in [0.25, 0.3) is 0 Å². The molecule has 0 atom stereocenters. The van der Waals surface area contributed by atoms with Crippen LogP contribution in [0.5, 0.6) is 0 Å². The molecule has 1 aromatic rings. The first-order valence-corrected chi connectivity index (χ1v) is 5.64. The molecule has 7 heteroatoms. The van der Waals surface area contributed by atoms with Gasteiger partial charge in [-0.1, -0.05) is 0 Å². The molecule has 1 N–H and O–H groups in total. The minimum Gasteiger partial charge on any atom is -0.373 e. The molecule has 0 amide bonds. The van der Waals surface area contributed by atoms with Crippen LogP contribution >= 0.6 is 0 Å². The number of likely N-dealkylation sites (N-methyl/N-ethyl adjacent to an activating group) is 2. The van der Waals surface area contributed by atoms with Crippen molar-refractivity contribution in [2.24, 2.45) is 0 Å². The van der Waals surface area contributed by atoms with Crippen molar-refractivity contribution in [3.63, 3.8) is 0 Å². The van der Waals surface area contributed by atoms with Gasteiger partial charge < -0.3 is 15.1 Å². The topological polar surface area (TPSA) is 74.5 Å². The summed E-state index contributed by atoms with van der Waals surface area (Å²) in [7, 11) is 7.45. The van der Waals surface area contributed by atoms with E-state index in [1.807, 2.05) is 19.0 Å². The molecular formula is C11H19N5O2. The quantitative estimate of drug-likeness (QED) is 0.603. The van der Waals surface area contributed by atoms with Gasteiger partial charge in [-0.2, -0.15) is 0 Å². The van der Waals surface area contributed by atoms with E-state index < -0.39 is 4.92 Å². The second kappa shape index (κ2) is 6.15. The average molecular weight is 253 g/mol. The van der Waals surface area contributed by atoms with E-state index >= 15 is 0 Å². The number of rotatable bonds is 6. The monoisotopic (exact) mass is 253 g/mol. The Bertz CT molecular complexity index is 422. The Labute approximate surface area is 107 Å². The van der Waals surface area contributed by atoms with E-state index in [0.717, 1.165) is 6.54 Å². The van der Waals surface area contributed by atoms with Crippen molar-refractivity contribution < 1.29 is 4.92 Å². The predicted octanol–water partition coefficient (Wildman–Crippen LogP) is 1.03. The first-order valence-electron chi connectivity index (χ1n) is 5.64. The van der Waals surface area contributed by atoms with Gasteiger partial charge >= 0.3 is 5.69 Å². The molecule has 0 radical (unpaired) electrons. The third-order valence-electron chi connectivity index (χ3n) is 2.55. The first-order chi connectivity index (χ1) is 8.45. The molecule has 0 fully saturated rings. The number of nitro groups is 1. The fraction of sp³-hybridized carbons (Fsp3) is 0.545. The standard InChI is InChI=1S/C11H19N5O2/c1-12-10-6-5-9(16(17)18)11(13-10)15(4)8-7-14(2)3/h5-6H,7-8H2,1-4H3,(H,12,13). The van der Waals surface area contributed by atoms with Crippen molar-refractivity contribution in [1.82, 2.24) is 9.88 Å². The van der Waals surface area contributed by atoms with Crippen molar-refractivity contribution in [3.8, 4) is 0 Å². The third-order valence-corrected chi connectivity index (χ3v) is 2.55. The van der Waals surface area contributed by atoms with Gasteiger partial charge in [0.05, 0.1) is 4.92 Å². The zero-order chi connectivity index (χ0) is 13.7. The van der Waals surface area contributed by atoms with Gasteiger partial charge in [-0.05, 0) is 20.2 Å². The smallest absolute Gasteiger partial charge is 0.311 e. The number of hydrogen-bond donors (Lipinski definition) is 1. The lowest BCUT2D eigenvalue weighted by Gasteiger charge is -2.20. The lowest BCUT2D eigenvalue weighted by atomic mass is 10.3. The SMILES string of the molecule is CNc1ccc([N+](=O)[O-])c(N(C)CCN(C)C)n1. The highest BCUT2D eigenvalue weighted by atomic mass is 16.6. The van der Waals surface area contributed by atoms with Crippen LogP contribution in [-0.2, 0) is 0 Å². The maximum atomic E-state index is 11.0. The van der Waals surface area contributed by atoms with E-state index in [1.165, 1.54) is 6.07 Å². The van der Waals surface area contributed by atoms with E-state index in [4.69, 9.17) is 0 Å². The largest absolute Gasteiger partial charge is 0.373 e. The number of pyridine rings is 1. The Balaban J connectivity index is 2.99. The van der Waals surface area contributed by atoms with Gasteiger partial charge in [0.1, 0.15) is 5.82 Å². The van der Waals surface area contributed by atoms with E-state index in [9.17, 15) is 10.1 Å². The number of aromatic nitrogens is 1. The highest BCUT2D eigenvalue weighted by Gasteiger charge is 2.19. The van der Waals surface area contributed by atoms with E-state index in [1.54, 1.807) is 25.1 Å². The summed E-state index contributed by atoms with van der Waals surface area (Å²) in [5, 5.41) is 13.9. The zero-order valence-corrected chi connectivity index (χ0v) is 11.2. The van der Waals surface area contributed by atoms with Crippen LogP contribution in [-0.4, -0.2) is 56.1 Å². The summed E-state index contributed by atoms with van der Waals surface area (Å²) in [4.78, 5) is 18.6. The molecule has 100 valence electrons. The van der Waals surface area contributed by atoms with E-state index in [0.29, 0.717) is 18.2 Å². The maximum Gasteiger partial charge on any atom is 0.311 e. The summed E-state index contributed by atoms with van der Waals surface area (Å²) in [5.41, 5.74) is 0.0234. The molecule has 1 rings (SSSR count). The Hall–Kier alpha value is -1.89. The first kappa shape index (κ1) is 14.2. The Morgan fingerprint density at radius 2 is 2.00 bits per heavy atom. The molecule has 0 bridgehead atoms. The highest BCUT2D eigenvalue weighted by Crippen LogP contribution is 2.26. The van der Waals surface area contributed by atoms with Crippen LogP contribution in [0, 0.1) is 10.1 Å². The summed E-state index contributed by atoms with van der Waals surface area (Å²) in [6.07, 6.45) is 0. The number of nitrogens with one attached hydrogen (secondary N) is 1. The van der Waals surface area contributed by atoms with Crippen LogP contribution in [0.3, 0.4) is 0 Å². The summed E-state index contributed by atoms with van der Waals surface area (Å²) < 4.78 is 0. The zero-order valence-electron chi connectivity index (χ0n) is 11.2. The summed E-state index contributed by atoms with van der Waals surface area (Å²) in [6.45, 7) is 1.48. The fourth-order valence-electron chi connectivity index (χ4n) is 1.46. The second-order valence-electron chi connectivity index (χ2n) is 4.27. The molecule has 18 heavy (non-hydrogen) atoms. The van der Waals surface area contributed by atoms with Gasteiger partial charge in [0.15, 0.2) is 0 Å². The second-order valence-corrected chi connectivity index (χ2v) is 4.27. The lowest BCUT2D eigenvalue weighted by Crippen LogP contribution is -2.29. The predicted molar refractivity (Wildman–Crippen MR) is 72.3 cm³/mol. The van der Waals surface area contributed by atoms with E-state index in [-0.39, 0.29) is 5.69 Å². The van der Waals surface area contributed by atoms with Crippen molar-refractivity contribution in [1.29, 1.82) is 0 Å². The minimum atomic E-state index is -0.409. The molecule has 0 unspecified atom stereocenters. The van der Waals surface area contributed by atoms with Crippen LogP contribution in [0.4, 0.5) is 17.3 Å². The van der Waals surface area contributed by atoms with Crippen molar-refractivity contribution in [2.45, 2.75) is 0 Å². The van der Waals surface area contributed by atoms with Crippen molar-refractivity contribution in [3.05, 3.63) is 22.2 Å². The molecular weight excluding hydrogens is 234 g/mol. The summed E-state index contributed by atoms with van der Waals surface area (Å²) in [6, 6.07) is 3.07. The van der Waals surface area contributed by atoms with Crippen molar-refractivity contribution in [2.75, 3.05) is 51.5 Å². The fourth-order valence-corrected chi connectivity index (χ4v) is 1.46. The molecule has 1 heterocycles. The molecule has 0 spiro atoms. The Morgan fingerprint density at radius 3 is 2.50 bits per heavy atom. The highest BCUT2D eigenvalue weighted by molar-refractivity contribution is 5.61. The minimum absolute atomic E-state index is 0.0234. The number of hydrogen-bond acceptors (Lipinski definition) is 6. The molecule has 0 aromatic carbocycles. The molecule has 0 aliphatic rings. The number of nitrogens with zero attached hydrogens (tertiary/aromatic N) is 4. The van der Waals surface area contributed by atoms with Gasteiger partial charge in [0, 0.05) is 33.3 Å². The third kappa shape index (κ3) is 3.56. The van der Waals surface area contributed by atoms with Crippen LogP contribution in [0.1, 0.15) is 0 Å². The van der Waals surface area contributed by atoms with Crippen molar-refractivity contribution >= 4 is 17.3 Å². The normalized spacial score (nSPS) is 10.5. The molecule has 1 aromatic heterocycles. The average Bonchev–Trinajstić information content (AvgIpc) is 2.34. The molecule has 0 aliphatic heterocycles. The molecule has 0 saturated carbocycles. The van der Waals surface area contributed by atoms with Gasteiger partial charge in [-0.15, -0.1) is 0 Å². The molecule has 7 nitrogen and oxygen atoms in total. The summed E-state index contributed by atoms with van der Waals surface area (Å²) >= 11 is 0. The van der Waals surface area contributed by atoms with Gasteiger partial charge in [-0.25, -0.2) is 4.98 Å². The molecule has 0 saturated heterocycles. The Morgan fingerprint density at radius 1 is 1.33 bits per heavy atom. The van der Waals surface area contributed by atoms with Gasteiger partial charge in [-0.3, -0.25) is 10.1 Å². The lowest BCUT2D eigenvalue weighted by molar-refractivity contribution is -0.384. The van der Waals surface area contributed by atoms with Gasteiger partial charge in [0.2, 0.25) is 5.82 Å². The Kier molecular flexibility index (Phi) is 4.85. The summed E-state index contributed by atoms with van der Waals surface area (Å²) in [5.74, 6) is 1.00. The van der Waals surface area contributed by atoms with Crippen LogP contribution < -0.4 is 10.2 Å². The maximum absolute atomic E-state index is 11.0. The van der Waals surface area contributed by atoms with E-state index in [2.05, 4.69) is 10.3 Å².